The van der Waals surface area contributed by atoms with Gasteiger partial charge >= 0.3 is 0 Å². The van der Waals surface area contributed by atoms with Gasteiger partial charge in [0.1, 0.15) is 0 Å². The Labute approximate surface area is 105 Å². The van der Waals surface area contributed by atoms with Gasteiger partial charge in [0.25, 0.3) is 0 Å². The molecule has 0 aliphatic rings. The Morgan fingerprint density at radius 3 is 2.35 bits per heavy atom. The van der Waals surface area contributed by atoms with Gasteiger partial charge in [-0.2, -0.15) is 0 Å². The highest BCUT2D eigenvalue weighted by atomic mass is 16.5. The standard InChI is InChI=1S/C14H24N2O/c1-10(2)12(5)17-14-7-6-13(9-16-14)8-15-11(3)4/h6-7,9-12,15H,8H2,1-5H3. The summed E-state index contributed by atoms with van der Waals surface area (Å²) in [6.45, 7) is 11.5. The summed E-state index contributed by atoms with van der Waals surface area (Å²) in [5, 5.41) is 3.36. The van der Waals surface area contributed by atoms with Gasteiger partial charge < -0.3 is 10.1 Å². The molecule has 1 atom stereocenters. The Hall–Kier alpha value is -1.09. The van der Waals surface area contributed by atoms with Gasteiger partial charge in [0, 0.05) is 24.8 Å². The molecule has 1 N–H and O–H groups in total. The van der Waals surface area contributed by atoms with Crippen molar-refractivity contribution in [3.63, 3.8) is 0 Å². The van der Waals surface area contributed by atoms with E-state index >= 15 is 0 Å². The van der Waals surface area contributed by atoms with Crippen LogP contribution in [0.25, 0.3) is 0 Å². The van der Waals surface area contributed by atoms with Crippen LogP contribution in [-0.4, -0.2) is 17.1 Å². The molecule has 0 saturated heterocycles. The number of hydrogen-bond acceptors (Lipinski definition) is 3. The molecule has 0 amide bonds. The minimum Gasteiger partial charge on any atom is -0.474 e. The van der Waals surface area contributed by atoms with Crippen LogP contribution < -0.4 is 10.1 Å². The van der Waals surface area contributed by atoms with E-state index in [0.717, 1.165) is 6.54 Å². The summed E-state index contributed by atoms with van der Waals surface area (Å²) in [4.78, 5) is 4.32. The molecule has 1 rings (SSSR count). The summed E-state index contributed by atoms with van der Waals surface area (Å²) in [5.41, 5.74) is 1.18. The van der Waals surface area contributed by atoms with E-state index in [9.17, 15) is 0 Å². The van der Waals surface area contributed by atoms with E-state index in [2.05, 4.69) is 51.0 Å². The average Bonchev–Trinajstić information content (AvgIpc) is 2.28. The minimum absolute atomic E-state index is 0.196. The van der Waals surface area contributed by atoms with Crippen LogP contribution >= 0.6 is 0 Å². The molecule has 0 aliphatic heterocycles. The van der Waals surface area contributed by atoms with E-state index in [1.807, 2.05) is 12.3 Å². The molecule has 1 aromatic heterocycles. The van der Waals surface area contributed by atoms with Crippen molar-refractivity contribution in [3.8, 4) is 5.88 Å². The highest BCUT2D eigenvalue weighted by Gasteiger charge is 2.09. The Kier molecular flexibility index (Phi) is 5.42. The van der Waals surface area contributed by atoms with E-state index in [-0.39, 0.29) is 6.10 Å². The zero-order valence-corrected chi connectivity index (χ0v) is 11.5. The first-order valence-corrected chi connectivity index (χ1v) is 6.34. The first-order chi connectivity index (χ1) is 7.99. The van der Waals surface area contributed by atoms with E-state index in [4.69, 9.17) is 4.74 Å². The largest absolute Gasteiger partial charge is 0.474 e. The number of hydrogen-bond donors (Lipinski definition) is 1. The van der Waals surface area contributed by atoms with Crippen LogP contribution in [0.15, 0.2) is 18.3 Å². The average molecular weight is 236 g/mol. The molecule has 3 heteroatoms. The molecule has 3 nitrogen and oxygen atoms in total. The second kappa shape index (κ2) is 6.60. The highest BCUT2D eigenvalue weighted by molar-refractivity contribution is 5.18. The van der Waals surface area contributed by atoms with Crippen LogP contribution in [-0.2, 0) is 6.54 Å². The van der Waals surface area contributed by atoms with Gasteiger partial charge in [0.2, 0.25) is 5.88 Å². The van der Waals surface area contributed by atoms with Crippen molar-refractivity contribution >= 4 is 0 Å². The van der Waals surface area contributed by atoms with Gasteiger partial charge in [-0.3, -0.25) is 0 Å². The lowest BCUT2D eigenvalue weighted by atomic mass is 10.1. The highest BCUT2D eigenvalue weighted by Crippen LogP contribution is 2.13. The fraction of sp³-hybridized carbons (Fsp3) is 0.643. The fourth-order valence-corrected chi connectivity index (χ4v) is 1.23. The van der Waals surface area contributed by atoms with Crippen LogP contribution in [0.4, 0.5) is 0 Å². The lowest BCUT2D eigenvalue weighted by Gasteiger charge is -2.17. The van der Waals surface area contributed by atoms with Crippen LogP contribution in [0.1, 0.15) is 40.2 Å². The minimum atomic E-state index is 0.196. The second-order valence-corrected chi connectivity index (χ2v) is 5.11. The maximum absolute atomic E-state index is 5.72. The first kappa shape index (κ1) is 14.0. The molecular weight excluding hydrogens is 212 g/mol. The van der Waals surface area contributed by atoms with E-state index in [1.165, 1.54) is 5.56 Å². The first-order valence-electron chi connectivity index (χ1n) is 6.34. The Morgan fingerprint density at radius 2 is 1.88 bits per heavy atom. The molecule has 0 bridgehead atoms. The van der Waals surface area contributed by atoms with E-state index in [1.54, 1.807) is 0 Å². The maximum Gasteiger partial charge on any atom is 0.213 e. The number of nitrogens with one attached hydrogen (secondary N) is 1. The number of ether oxygens (including phenoxy) is 1. The van der Waals surface area contributed by atoms with Gasteiger partial charge in [-0.25, -0.2) is 4.98 Å². The Balaban J connectivity index is 2.50. The molecule has 0 aliphatic carbocycles. The van der Waals surface area contributed by atoms with Gasteiger partial charge in [-0.1, -0.05) is 33.8 Å². The predicted molar refractivity (Wildman–Crippen MR) is 71.1 cm³/mol. The fourth-order valence-electron chi connectivity index (χ4n) is 1.23. The zero-order chi connectivity index (χ0) is 12.8. The third-order valence-corrected chi connectivity index (χ3v) is 2.76. The van der Waals surface area contributed by atoms with Crippen molar-refractivity contribution in [2.24, 2.45) is 5.92 Å². The lowest BCUT2D eigenvalue weighted by molar-refractivity contribution is 0.163. The van der Waals surface area contributed by atoms with Crippen molar-refractivity contribution in [3.05, 3.63) is 23.9 Å². The van der Waals surface area contributed by atoms with Crippen LogP contribution in [0.2, 0.25) is 0 Å². The molecule has 17 heavy (non-hydrogen) atoms. The molecule has 1 heterocycles. The van der Waals surface area contributed by atoms with E-state index in [0.29, 0.717) is 17.8 Å². The van der Waals surface area contributed by atoms with Gasteiger partial charge in [-0.05, 0) is 18.4 Å². The number of rotatable bonds is 6. The SMILES string of the molecule is CC(C)NCc1ccc(OC(C)C(C)C)nc1. The number of pyridine rings is 1. The summed E-state index contributed by atoms with van der Waals surface area (Å²) in [5.74, 6) is 1.21. The lowest BCUT2D eigenvalue weighted by Crippen LogP contribution is -2.22. The quantitative estimate of drug-likeness (QED) is 0.824. The van der Waals surface area contributed by atoms with Crippen molar-refractivity contribution in [1.82, 2.24) is 10.3 Å². The normalized spacial score (nSPS) is 13.1. The summed E-state index contributed by atoms with van der Waals surface area (Å²) in [6, 6.07) is 4.49. The third kappa shape index (κ3) is 5.18. The molecule has 0 radical (unpaired) electrons. The predicted octanol–water partition coefficient (Wildman–Crippen LogP) is 3.00. The van der Waals surface area contributed by atoms with Crippen molar-refractivity contribution in [2.75, 3.05) is 0 Å². The summed E-state index contributed by atoms with van der Waals surface area (Å²) >= 11 is 0. The zero-order valence-electron chi connectivity index (χ0n) is 11.5. The molecule has 96 valence electrons. The van der Waals surface area contributed by atoms with Crippen LogP contribution in [0.3, 0.4) is 0 Å². The van der Waals surface area contributed by atoms with Gasteiger partial charge in [0.15, 0.2) is 0 Å². The molecule has 0 fully saturated rings. The van der Waals surface area contributed by atoms with Crippen molar-refractivity contribution in [2.45, 2.75) is 53.3 Å². The molecule has 1 unspecified atom stereocenters. The number of aromatic nitrogens is 1. The topological polar surface area (TPSA) is 34.1 Å². The van der Waals surface area contributed by atoms with Gasteiger partial charge in [0.05, 0.1) is 6.10 Å². The summed E-state index contributed by atoms with van der Waals surface area (Å²) in [6.07, 6.45) is 2.07. The summed E-state index contributed by atoms with van der Waals surface area (Å²) in [7, 11) is 0. The Bertz CT molecular complexity index is 319. The monoisotopic (exact) mass is 236 g/mol. The van der Waals surface area contributed by atoms with E-state index < -0.39 is 0 Å². The van der Waals surface area contributed by atoms with Crippen molar-refractivity contribution in [1.29, 1.82) is 0 Å². The third-order valence-electron chi connectivity index (χ3n) is 2.76. The summed E-state index contributed by atoms with van der Waals surface area (Å²) < 4.78 is 5.72. The van der Waals surface area contributed by atoms with Crippen LogP contribution in [0, 0.1) is 5.92 Å². The maximum atomic E-state index is 5.72. The smallest absolute Gasteiger partial charge is 0.213 e. The molecule has 0 aromatic carbocycles. The molecule has 1 aromatic rings. The number of nitrogens with zero attached hydrogens (tertiary/aromatic N) is 1. The van der Waals surface area contributed by atoms with Crippen LogP contribution in [0.5, 0.6) is 5.88 Å². The van der Waals surface area contributed by atoms with Gasteiger partial charge in [-0.15, -0.1) is 0 Å². The molecule has 0 spiro atoms. The Morgan fingerprint density at radius 1 is 1.18 bits per heavy atom. The molecular formula is C14H24N2O. The molecule has 0 saturated carbocycles. The van der Waals surface area contributed by atoms with Crippen molar-refractivity contribution < 1.29 is 4.74 Å². The second-order valence-electron chi connectivity index (χ2n) is 5.11.